The van der Waals surface area contributed by atoms with Crippen molar-refractivity contribution in [2.24, 2.45) is 11.7 Å². The Morgan fingerprint density at radius 1 is 1.14 bits per heavy atom. The third-order valence-electron chi connectivity index (χ3n) is 6.10. The fraction of sp³-hybridized carbons (Fsp3) is 0.679. The number of hydrogen-bond donors (Lipinski definition) is 2. The first kappa shape index (κ1) is 32.4. The van der Waals surface area contributed by atoms with Gasteiger partial charge in [-0.05, 0) is 43.4 Å². The second kappa shape index (κ2) is 17.0. The number of aromatic nitrogens is 2. The average molecular weight is 528 g/mol. The lowest BCUT2D eigenvalue weighted by atomic mass is 9.90. The van der Waals surface area contributed by atoms with Gasteiger partial charge in [0.25, 0.3) is 0 Å². The number of rotatable bonds is 9. The number of hydrogen-bond acceptors (Lipinski definition) is 4. The molecule has 1 unspecified atom stereocenters. The molecule has 1 saturated carbocycles. The fourth-order valence-electron chi connectivity index (χ4n) is 3.76. The van der Waals surface area contributed by atoms with E-state index in [4.69, 9.17) is 20.4 Å². The quantitative estimate of drug-likeness (QED) is 0.272. The van der Waals surface area contributed by atoms with Gasteiger partial charge in [0, 0.05) is 18.4 Å². The molecule has 3 rings (SSSR count). The molecule has 1 atom stereocenters. The maximum Gasteiger partial charge on any atom is 0.419 e. The molecule has 0 spiro atoms. The van der Waals surface area contributed by atoms with E-state index < -0.39 is 11.7 Å². The number of ether oxygens (including phenoxy) is 1. The van der Waals surface area contributed by atoms with Gasteiger partial charge < -0.3 is 9.26 Å². The highest BCUT2D eigenvalue weighted by atomic mass is 19.4. The molecular weight excluding hydrogens is 481 g/mol. The maximum absolute atomic E-state index is 13.6. The van der Waals surface area contributed by atoms with Crippen molar-refractivity contribution in [3.8, 4) is 17.1 Å². The molecule has 0 radical (unpaired) electrons. The van der Waals surface area contributed by atoms with E-state index >= 15 is 0 Å². The number of alkyl halides is 3. The lowest BCUT2D eigenvalue weighted by Crippen LogP contribution is -2.43. The van der Waals surface area contributed by atoms with E-state index in [2.05, 4.69) is 30.9 Å². The molecule has 0 saturated heterocycles. The molecule has 1 aliphatic carbocycles. The smallest absolute Gasteiger partial charge is 0.419 e. The highest BCUT2D eigenvalue weighted by molar-refractivity contribution is 5.70. The molecule has 37 heavy (non-hydrogen) atoms. The van der Waals surface area contributed by atoms with E-state index in [1.54, 1.807) is 13.0 Å². The van der Waals surface area contributed by atoms with Crippen LogP contribution in [-0.2, 0) is 6.18 Å². The minimum absolute atomic E-state index is 0.0800. The van der Waals surface area contributed by atoms with Crippen LogP contribution in [0.1, 0.15) is 116 Å². The molecule has 0 aliphatic heterocycles. The molecule has 9 heteroatoms. The van der Waals surface area contributed by atoms with E-state index in [1.807, 2.05) is 6.92 Å². The van der Waals surface area contributed by atoms with E-state index in [-0.39, 0.29) is 23.1 Å². The molecule has 6 nitrogen and oxygen atoms in total. The van der Waals surface area contributed by atoms with Crippen LogP contribution in [0.5, 0.6) is 5.75 Å². The summed E-state index contributed by atoms with van der Waals surface area (Å²) in [4.78, 5) is 4.32. The Labute approximate surface area is 220 Å². The van der Waals surface area contributed by atoms with Crippen molar-refractivity contribution < 1.29 is 27.8 Å². The monoisotopic (exact) mass is 527 g/mol. The Bertz CT molecular complexity index is 903. The molecule has 1 aliphatic rings. The van der Waals surface area contributed by atoms with Crippen molar-refractivity contribution in [1.29, 1.82) is 0 Å². The Hall–Kier alpha value is -2.58. The number of amidine groups is 1. The number of halogens is 3. The predicted molar refractivity (Wildman–Crippen MR) is 142 cm³/mol. The molecule has 4 N–H and O–H groups in total. The van der Waals surface area contributed by atoms with Crippen LogP contribution in [0.2, 0.25) is 0 Å². The predicted octanol–water partition coefficient (Wildman–Crippen LogP) is 6.94. The van der Waals surface area contributed by atoms with Crippen LogP contribution in [0.4, 0.5) is 13.2 Å². The zero-order valence-electron chi connectivity index (χ0n) is 23.2. The van der Waals surface area contributed by atoms with Crippen molar-refractivity contribution >= 4 is 5.84 Å². The number of benzene rings is 1. The van der Waals surface area contributed by atoms with E-state index in [9.17, 15) is 13.2 Å². The summed E-state index contributed by atoms with van der Waals surface area (Å²) in [6.07, 6.45) is 6.59. The molecule has 210 valence electrons. The highest BCUT2D eigenvalue weighted by Crippen LogP contribution is 2.39. The summed E-state index contributed by atoms with van der Waals surface area (Å²) in [6, 6.07) is 4.00. The largest absolute Gasteiger partial charge is 0.493 e. The van der Waals surface area contributed by atoms with Crippen molar-refractivity contribution in [3.05, 3.63) is 29.7 Å². The maximum atomic E-state index is 13.6. The minimum Gasteiger partial charge on any atom is -0.493 e. The number of unbranched alkanes of at least 4 members (excludes halogenated alkanes) is 2. The van der Waals surface area contributed by atoms with Crippen LogP contribution in [0, 0.1) is 5.92 Å². The summed E-state index contributed by atoms with van der Waals surface area (Å²) in [5.41, 5.74) is 4.29. The zero-order valence-corrected chi connectivity index (χ0v) is 23.2. The second-order valence-corrected chi connectivity index (χ2v) is 9.77. The van der Waals surface area contributed by atoms with Gasteiger partial charge in [0.15, 0.2) is 0 Å². The van der Waals surface area contributed by atoms with Crippen molar-refractivity contribution in [1.82, 2.24) is 10.1 Å². The molecule has 1 fully saturated rings. The van der Waals surface area contributed by atoms with E-state index in [0.717, 1.165) is 51.0 Å². The van der Waals surface area contributed by atoms with Gasteiger partial charge >= 0.3 is 6.18 Å². The fourth-order valence-corrected chi connectivity index (χ4v) is 3.76. The van der Waals surface area contributed by atoms with Gasteiger partial charge in [-0.25, -0.2) is 0 Å². The van der Waals surface area contributed by atoms with Gasteiger partial charge in [0.1, 0.15) is 5.75 Å². The van der Waals surface area contributed by atoms with Gasteiger partial charge in [-0.2, -0.15) is 18.2 Å². The van der Waals surface area contributed by atoms with Crippen LogP contribution in [0.15, 0.2) is 22.7 Å². The van der Waals surface area contributed by atoms with Crippen LogP contribution < -0.4 is 15.9 Å². The Kier molecular flexibility index (Phi) is 14.9. The number of nitrogens with zero attached hydrogens (tertiary/aromatic N) is 2. The molecule has 1 heterocycles. The zero-order chi connectivity index (χ0) is 27.8. The van der Waals surface area contributed by atoms with Crippen LogP contribution in [-0.4, -0.2) is 22.6 Å². The van der Waals surface area contributed by atoms with Gasteiger partial charge in [0.05, 0.1) is 12.2 Å². The van der Waals surface area contributed by atoms with Crippen molar-refractivity contribution in [3.63, 3.8) is 0 Å². The molecule has 2 aromatic rings. The summed E-state index contributed by atoms with van der Waals surface area (Å²) in [7, 11) is 0. The SMILES string of the molecule is CC(N)=[NH2+].CCCC.CCCCC(C)c1nc(-c2ccc(OCC3CCCCC3)c(C(F)(F)F)c2)no1. The topological polar surface area (TPSA) is 99.8 Å². The summed E-state index contributed by atoms with van der Waals surface area (Å²) < 4.78 is 51.8. The minimum atomic E-state index is -4.51. The lowest BCUT2D eigenvalue weighted by molar-refractivity contribution is -0.139. The summed E-state index contributed by atoms with van der Waals surface area (Å²) >= 11 is 0. The summed E-state index contributed by atoms with van der Waals surface area (Å²) in [5, 5.41) is 8.70. The summed E-state index contributed by atoms with van der Waals surface area (Å²) in [6.45, 7) is 10.4. The van der Waals surface area contributed by atoms with Gasteiger partial charge in [-0.3, -0.25) is 11.1 Å². The molecule has 0 bridgehead atoms. The van der Waals surface area contributed by atoms with E-state index in [0.29, 0.717) is 24.3 Å². The molecular formula is C28H46F3N4O2+. The summed E-state index contributed by atoms with van der Waals surface area (Å²) in [5.74, 6) is 1.32. The van der Waals surface area contributed by atoms with Crippen LogP contribution >= 0.6 is 0 Å². The third-order valence-corrected chi connectivity index (χ3v) is 6.10. The first-order chi connectivity index (χ1) is 17.5. The van der Waals surface area contributed by atoms with Crippen molar-refractivity contribution in [2.75, 3.05) is 6.61 Å². The first-order valence-corrected chi connectivity index (χ1v) is 13.6. The Morgan fingerprint density at radius 3 is 2.30 bits per heavy atom. The Balaban J connectivity index is 0.000000751. The average Bonchev–Trinajstić information content (AvgIpc) is 3.36. The first-order valence-electron chi connectivity index (χ1n) is 13.6. The van der Waals surface area contributed by atoms with Crippen LogP contribution in [0.3, 0.4) is 0 Å². The Morgan fingerprint density at radius 2 is 1.76 bits per heavy atom. The van der Waals surface area contributed by atoms with E-state index in [1.165, 1.54) is 25.3 Å². The second-order valence-electron chi connectivity index (χ2n) is 9.77. The standard InChI is InChI=1S/C22H29F3N2O2.C4H10.C2H6N2/c1-3-4-8-15(2)21-26-20(27-29-21)17-11-12-19(18(13-17)22(23,24)25)28-14-16-9-6-5-7-10-16;1-3-4-2;1-2(3)4/h11-13,15-16H,3-10,14H2,1-2H3;3-4H2,1-2H3;1H3,(H3,3,4)/p+1. The third kappa shape index (κ3) is 12.5. The van der Waals surface area contributed by atoms with Gasteiger partial charge in [-0.1, -0.05) is 77.8 Å². The van der Waals surface area contributed by atoms with Gasteiger partial charge in [0.2, 0.25) is 17.6 Å². The van der Waals surface area contributed by atoms with Gasteiger partial charge in [-0.15, -0.1) is 0 Å². The number of nitrogens with two attached hydrogens (primary N) is 2. The normalized spacial score (nSPS) is 14.6. The highest BCUT2D eigenvalue weighted by Gasteiger charge is 2.35. The van der Waals surface area contributed by atoms with Crippen molar-refractivity contribution in [2.45, 2.75) is 111 Å². The van der Waals surface area contributed by atoms with Crippen LogP contribution in [0.25, 0.3) is 11.4 Å². The lowest BCUT2D eigenvalue weighted by Gasteiger charge is -2.23. The molecule has 1 aromatic heterocycles. The molecule has 1 aromatic carbocycles. The molecule has 0 amide bonds.